The van der Waals surface area contributed by atoms with Gasteiger partial charge in [0.25, 0.3) is 0 Å². The number of anilines is 2. The van der Waals surface area contributed by atoms with E-state index >= 15 is 0 Å². The summed E-state index contributed by atoms with van der Waals surface area (Å²) in [7, 11) is 1.74. The van der Waals surface area contributed by atoms with Gasteiger partial charge in [0, 0.05) is 25.0 Å². The highest BCUT2D eigenvalue weighted by Gasteiger charge is 2.27. The summed E-state index contributed by atoms with van der Waals surface area (Å²) in [6.07, 6.45) is 1.59. The van der Waals surface area contributed by atoms with Crippen molar-refractivity contribution in [2.75, 3.05) is 37.5 Å². The number of pyridine rings is 1. The minimum absolute atomic E-state index is 0.364. The Morgan fingerprint density at radius 2 is 1.88 bits per heavy atom. The van der Waals surface area contributed by atoms with Crippen molar-refractivity contribution in [3.63, 3.8) is 0 Å². The lowest BCUT2D eigenvalue weighted by atomic mass is 10.0. The Morgan fingerprint density at radius 1 is 1.25 bits per heavy atom. The molecule has 16 heavy (non-hydrogen) atoms. The molecule has 1 rings (SSSR count). The molecule has 0 bridgehead atoms. The summed E-state index contributed by atoms with van der Waals surface area (Å²) in [5, 5.41) is 33.2. The zero-order chi connectivity index (χ0) is 12.0. The normalized spacial score (nSPS) is 11.2. The molecule has 5 N–H and O–H groups in total. The smallest absolute Gasteiger partial charge is 0.127 e. The quantitative estimate of drug-likeness (QED) is 0.439. The minimum atomic E-state index is -1.12. The lowest BCUT2D eigenvalue weighted by Crippen LogP contribution is -2.49. The molecule has 1 aromatic heterocycles. The van der Waals surface area contributed by atoms with Gasteiger partial charge in [-0.05, 0) is 6.07 Å². The summed E-state index contributed by atoms with van der Waals surface area (Å²) < 4.78 is 0. The largest absolute Gasteiger partial charge is 0.394 e. The molecule has 0 aliphatic rings. The molecule has 1 aromatic rings. The summed E-state index contributed by atoms with van der Waals surface area (Å²) in [4.78, 5) is 4.03. The molecule has 1 heterocycles. The fourth-order valence-corrected chi connectivity index (χ4v) is 1.22. The van der Waals surface area contributed by atoms with E-state index in [1.165, 1.54) is 0 Å². The van der Waals surface area contributed by atoms with Gasteiger partial charge in [-0.25, -0.2) is 4.98 Å². The molecular formula is C10H17N3O3. The molecule has 0 amide bonds. The second-order valence-corrected chi connectivity index (χ2v) is 3.56. The third kappa shape index (κ3) is 2.82. The molecule has 0 saturated heterocycles. The van der Waals surface area contributed by atoms with Crippen LogP contribution in [0.3, 0.4) is 0 Å². The van der Waals surface area contributed by atoms with Crippen LogP contribution in [-0.4, -0.2) is 52.7 Å². The maximum Gasteiger partial charge on any atom is 0.127 e. The van der Waals surface area contributed by atoms with Gasteiger partial charge in [-0.15, -0.1) is 0 Å². The number of aliphatic hydroxyl groups excluding tert-OH is 3. The van der Waals surface area contributed by atoms with Crippen LogP contribution in [0.25, 0.3) is 0 Å². The van der Waals surface area contributed by atoms with Gasteiger partial charge in [0.1, 0.15) is 11.4 Å². The second-order valence-electron chi connectivity index (χ2n) is 3.56. The Bertz CT molecular complexity index is 321. The summed E-state index contributed by atoms with van der Waals surface area (Å²) in [6.45, 7) is -1.09. The van der Waals surface area contributed by atoms with Crippen LogP contribution >= 0.6 is 0 Å². The zero-order valence-corrected chi connectivity index (χ0v) is 9.14. The van der Waals surface area contributed by atoms with Gasteiger partial charge in [-0.3, -0.25) is 0 Å². The van der Waals surface area contributed by atoms with Crippen molar-refractivity contribution in [1.82, 2.24) is 4.98 Å². The van der Waals surface area contributed by atoms with Crippen molar-refractivity contribution < 1.29 is 15.3 Å². The Hall–Kier alpha value is -1.37. The van der Waals surface area contributed by atoms with Gasteiger partial charge in [0.15, 0.2) is 0 Å². The van der Waals surface area contributed by atoms with Crippen LogP contribution in [0, 0.1) is 0 Å². The van der Waals surface area contributed by atoms with Crippen molar-refractivity contribution in [1.29, 1.82) is 0 Å². The summed E-state index contributed by atoms with van der Waals surface area (Å²) in [5.74, 6) is 0.660. The highest BCUT2D eigenvalue weighted by molar-refractivity contribution is 5.53. The van der Waals surface area contributed by atoms with Gasteiger partial charge in [-0.1, -0.05) is 0 Å². The highest BCUT2D eigenvalue weighted by atomic mass is 16.3. The predicted octanol–water partition coefficient (Wildman–Crippen LogP) is -0.749. The molecule has 0 unspecified atom stereocenters. The van der Waals surface area contributed by atoms with Crippen LogP contribution < -0.4 is 10.6 Å². The van der Waals surface area contributed by atoms with Crippen molar-refractivity contribution >= 4 is 11.5 Å². The first-order valence-corrected chi connectivity index (χ1v) is 4.94. The molecule has 0 spiro atoms. The molecule has 0 aromatic carbocycles. The number of aromatic nitrogens is 1. The number of rotatable bonds is 6. The molecule has 0 saturated carbocycles. The van der Waals surface area contributed by atoms with E-state index in [4.69, 9.17) is 15.3 Å². The summed E-state index contributed by atoms with van der Waals surface area (Å²) in [5.41, 5.74) is -0.455. The number of hydrogen-bond acceptors (Lipinski definition) is 6. The average molecular weight is 227 g/mol. The van der Waals surface area contributed by atoms with Crippen LogP contribution in [0.4, 0.5) is 11.5 Å². The molecular weight excluding hydrogens is 210 g/mol. The van der Waals surface area contributed by atoms with Gasteiger partial charge >= 0.3 is 0 Å². The fourth-order valence-electron chi connectivity index (χ4n) is 1.22. The first-order chi connectivity index (χ1) is 7.69. The molecule has 0 radical (unpaired) electrons. The Labute approximate surface area is 94.0 Å². The lowest BCUT2D eigenvalue weighted by Gasteiger charge is -2.29. The van der Waals surface area contributed by atoms with Crippen molar-refractivity contribution in [2.45, 2.75) is 5.54 Å². The molecule has 6 nitrogen and oxygen atoms in total. The summed E-state index contributed by atoms with van der Waals surface area (Å²) in [6, 6.07) is 3.41. The van der Waals surface area contributed by atoms with Crippen molar-refractivity contribution in [2.24, 2.45) is 0 Å². The second kappa shape index (κ2) is 5.64. The Balaban J connectivity index is 2.84. The molecule has 0 fully saturated rings. The number of aliphatic hydroxyl groups is 3. The van der Waals surface area contributed by atoms with E-state index in [0.717, 1.165) is 0 Å². The van der Waals surface area contributed by atoms with E-state index in [9.17, 15) is 0 Å². The van der Waals surface area contributed by atoms with Gasteiger partial charge in [0.05, 0.1) is 19.8 Å². The Morgan fingerprint density at radius 3 is 2.38 bits per heavy atom. The molecule has 6 heteroatoms. The maximum absolute atomic E-state index is 9.15. The van der Waals surface area contributed by atoms with Crippen LogP contribution in [-0.2, 0) is 0 Å². The maximum atomic E-state index is 9.15. The standard InChI is InChI=1S/C10H17N3O3/c1-11-9-4-8(2-3-12-9)13-10(5-14,6-15)7-16/h2-4,14-16H,5-7H2,1H3,(H2,11,12,13). The monoisotopic (exact) mass is 227 g/mol. The van der Waals surface area contributed by atoms with Gasteiger partial charge in [-0.2, -0.15) is 0 Å². The average Bonchev–Trinajstić information content (AvgIpc) is 2.36. The lowest BCUT2D eigenvalue weighted by molar-refractivity contribution is 0.0834. The summed E-state index contributed by atoms with van der Waals surface area (Å²) >= 11 is 0. The van der Waals surface area contributed by atoms with E-state index in [0.29, 0.717) is 11.5 Å². The van der Waals surface area contributed by atoms with Crippen molar-refractivity contribution in [3.8, 4) is 0 Å². The van der Waals surface area contributed by atoms with Crippen molar-refractivity contribution in [3.05, 3.63) is 18.3 Å². The highest BCUT2D eigenvalue weighted by Crippen LogP contribution is 2.17. The predicted molar refractivity (Wildman–Crippen MR) is 61.4 cm³/mol. The number of hydrogen-bond donors (Lipinski definition) is 5. The number of nitrogens with one attached hydrogen (secondary N) is 2. The van der Waals surface area contributed by atoms with E-state index < -0.39 is 5.54 Å². The third-order valence-corrected chi connectivity index (χ3v) is 2.33. The van der Waals surface area contributed by atoms with Gasteiger partial charge < -0.3 is 26.0 Å². The molecule has 0 aliphatic carbocycles. The first kappa shape index (κ1) is 12.7. The zero-order valence-electron chi connectivity index (χ0n) is 9.14. The third-order valence-electron chi connectivity index (χ3n) is 2.33. The van der Waals surface area contributed by atoms with Crippen LogP contribution in [0.15, 0.2) is 18.3 Å². The van der Waals surface area contributed by atoms with Crippen LogP contribution in [0.1, 0.15) is 0 Å². The number of nitrogens with zero attached hydrogens (tertiary/aromatic N) is 1. The van der Waals surface area contributed by atoms with Gasteiger partial charge in [0.2, 0.25) is 0 Å². The molecule has 90 valence electrons. The molecule has 0 atom stereocenters. The van der Waals surface area contributed by atoms with E-state index in [1.54, 1.807) is 25.4 Å². The first-order valence-electron chi connectivity index (χ1n) is 4.94. The van der Waals surface area contributed by atoms with E-state index in [1.807, 2.05) is 0 Å². The van der Waals surface area contributed by atoms with Crippen LogP contribution in [0.5, 0.6) is 0 Å². The van der Waals surface area contributed by atoms with E-state index in [2.05, 4.69) is 15.6 Å². The minimum Gasteiger partial charge on any atom is -0.394 e. The fraction of sp³-hybridized carbons (Fsp3) is 0.500. The topological polar surface area (TPSA) is 97.6 Å². The molecule has 0 aliphatic heterocycles. The SMILES string of the molecule is CNc1cc(NC(CO)(CO)CO)ccn1. The van der Waals surface area contributed by atoms with E-state index in [-0.39, 0.29) is 19.8 Å². The van der Waals surface area contributed by atoms with Crippen LogP contribution in [0.2, 0.25) is 0 Å². The Kier molecular flexibility index (Phi) is 4.48.